The molecule has 4 heteroatoms. The Balaban J connectivity index is 2.38. The molecule has 15 heavy (non-hydrogen) atoms. The highest BCUT2D eigenvalue weighted by atomic mass is 16.5. The molecule has 0 saturated carbocycles. The van der Waals surface area contributed by atoms with Gasteiger partial charge in [0.1, 0.15) is 0 Å². The fraction of sp³-hybridized carbons (Fsp3) is 0.909. The first kappa shape index (κ1) is 12.5. The van der Waals surface area contributed by atoms with Gasteiger partial charge in [-0.3, -0.25) is 4.79 Å². The van der Waals surface area contributed by atoms with E-state index in [2.05, 4.69) is 24.5 Å². The number of carbonyl (C=O) groups excluding carboxylic acids is 1. The molecule has 88 valence electrons. The van der Waals surface area contributed by atoms with E-state index in [0.717, 1.165) is 19.4 Å². The number of methoxy groups -OCH3 is 1. The van der Waals surface area contributed by atoms with Crippen LogP contribution in [0.15, 0.2) is 0 Å². The maximum atomic E-state index is 11.8. The fourth-order valence-electron chi connectivity index (χ4n) is 1.77. The van der Waals surface area contributed by atoms with Crippen molar-refractivity contribution >= 4 is 5.91 Å². The van der Waals surface area contributed by atoms with Gasteiger partial charge in [0.2, 0.25) is 5.91 Å². The topological polar surface area (TPSA) is 50.4 Å². The van der Waals surface area contributed by atoms with E-state index in [0.29, 0.717) is 12.5 Å². The summed E-state index contributed by atoms with van der Waals surface area (Å²) < 4.78 is 5.09. The number of hydrogen-bond donors (Lipinski definition) is 2. The molecule has 0 radical (unpaired) electrons. The van der Waals surface area contributed by atoms with Crippen molar-refractivity contribution in [1.29, 1.82) is 0 Å². The smallest absolute Gasteiger partial charge is 0.237 e. The van der Waals surface area contributed by atoms with Gasteiger partial charge in [0.15, 0.2) is 0 Å². The summed E-state index contributed by atoms with van der Waals surface area (Å²) in [6, 6.07) is 0.119. The molecule has 0 aromatic rings. The molecule has 4 nitrogen and oxygen atoms in total. The summed E-state index contributed by atoms with van der Waals surface area (Å²) in [6.07, 6.45) is 2.04. The first-order valence-corrected chi connectivity index (χ1v) is 5.68. The predicted molar refractivity (Wildman–Crippen MR) is 59.7 cm³/mol. The SMILES string of the molecule is COCC(NC(=O)[C@H]1CCCN1)C(C)C. The normalized spacial score (nSPS) is 23.1. The lowest BCUT2D eigenvalue weighted by Gasteiger charge is -2.23. The Kier molecular flexibility index (Phi) is 5.05. The van der Waals surface area contributed by atoms with Crippen LogP contribution in [0.25, 0.3) is 0 Å². The number of amides is 1. The van der Waals surface area contributed by atoms with E-state index in [1.165, 1.54) is 0 Å². The molecule has 1 fully saturated rings. The number of carbonyl (C=O) groups is 1. The van der Waals surface area contributed by atoms with E-state index in [4.69, 9.17) is 4.74 Å². The van der Waals surface area contributed by atoms with E-state index in [-0.39, 0.29) is 18.0 Å². The monoisotopic (exact) mass is 214 g/mol. The van der Waals surface area contributed by atoms with Crippen LogP contribution in [0, 0.1) is 5.92 Å². The van der Waals surface area contributed by atoms with Crippen molar-refractivity contribution in [3.8, 4) is 0 Å². The molecular weight excluding hydrogens is 192 g/mol. The van der Waals surface area contributed by atoms with Gasteiger partial charge >= 0.3 is 0 Å². The van der Waals surface area contributed by atoms with Crippen LogP contribution >= 0.6 is 0 Å². The van der Waals surface area contributed by atoms with Crippen LogP contribution in [0.2, 0.25) is 0 Å². The van der Waals surface area contributed by atoms with Gasteiger partial charge in [0.05, 0.1) is 18.7 Å². The first-order chi connectivity index (χ1) is 7.15. The van der Waals surface area contributed by atoms with Crippen molar-refractivity contribution in [3.63, 3.8) is 0 Å². The van der Waals surface area contributed by atoms with E-state index >= 15 is 0 Å². The van der Waals surface area contributed by atoms with Crippen molar-refractivity contribution in [1.82, 2.24) is 10.6 Å². The van der Waals surface area contributed by atoms with Crippen molar-refractivity contribution in [2.24, 2.45) is 5.92 Å². The number of hydrogen-bond acceptors (Lipinski definition) is 3. The van der Waals surface area contributed by atoms with Crippen LogP contribution in [-0.2, 0) is 9.53 Å². The molecule has 1 rings (SSSR count). The fourth-order valence-corrected chi connectivity index (χ4v) is 1.77. The summed E-state index contributed by atoms with van der Waals surface area (Å²) in [4.78, 5) is 11.8. The average Bonchev–Trinajstić information content (AvgIpc) is 2.69. The zero-order chi connectivity index (χ0) is 11.3. The van der Waals surface area contributed by atoms with Crippen molar-refractivity contribution in [2.45, 2.75) is 38.8 Å². The van der Waals surface area contributed by atoms with Gasteiger partial charge in [-0.1, -0.05) is 13.8 Å². The van der Waals surface area contributed by atoms with Gasteiger partial charge in [0, 0.05) is 7.11 Å². The van der Waals surface area contributed by atoms with Crippen LogP contribution in [0.4, 0.5) is 0 Å². The summed E-state index contributed by atoms with van der Waals surface area (Å²) >= 11 is 0. The molecule has 0 bridgehead atoms. The molecule has 1 amide bonds. The van der Waals surface area contributed by atoms with Gasteiger partial charge in [-0.2, -0.15) is 0 Å². The zero-order valence-electron chi connectivity index (χ0n) is 9.88. The molecule has 0 aliphatic carbocycles. The van der Waals surface area contributed by atoms with Crippen molar-refractivity contribution < 1.29 is 9.53 Å². The molecule has 1 aliphatic rings. The number of ether oxygens (including phenoxy) is 1. The quantitative estimate of drug-likeness (QED) is 0.701. The molecule has 1 saturated heterocycles. The first-order valence-electron chi connectivity index (χ1n) is 5.68. The summed E-state index contributed by atoms with van der Waals surface area (Å²) in [5.41, 5.74) is 0. The standard InChI is InChI=1S/C11H22N2O2/c1-8(2)10(7-15-3)13-11(14)9-5-4-6-12-9/h8-10,12H,4-7H2,1-3H3,(H,13,14)/t9-,10?/m1/s1. The minimum atomic E-state index is 0.00288. The van der Waals surface area contributed by atoms with Crippen molar-refractivity contribution in [2.75, 3.05) is 20.3 Å². The molecule has 1 unspecified atom stereocenters. The van der Waals surface area contributed by atoms with Crippen LogP contribution < -0.4 is 10.6 Å². The Morgan fingerprint density at radius 3 is 2.80 bits per heavy atom. The molecule has 0 aromatic heterocycles. The Labute approximate surface area is 91.8 Å². The second kappa shape index (κ2) is 6.08. The zero-order valence-corrected chi connectivity index (χ0v) is 9.88. The summed E-state index contributed by atoms with van der Waals surface area (Å²) in [6.45, 7) is 5.71. The Morgan fingerprint density at radius 1 is 1.60 bits per heavy atom. The second-order valence-corrected chi connectivity index (χ2v) is 4.46. The third-order valence-electron chi connectivity index (χ3n) is 2.86. The minimum absolute atomic E-state index is 0.00288. The molecule has 1 aliphatic heterocycles. The van der Waals surface area contributed by atoms with Crippen LogP contribution in [0.5, 0.6) is 0 Å². The highest BCUT2D eigenvalue weighted by molar-refractivity contribution is 5.82. The van der Waals surface area contributed by atoms with Gasteiger partial charge in [0.25, 0.3) is 0 Å². The maximum absolute atomic E-state index is 11.8. The lowest BCUT2D eigenvalue weighted by Crippen LogP contribution is -2.48. The number of rotatable bonds is 5. The molecule has 2 N–H and O–H groups in total. The van der Waals surface area contributed by atoms with Gasteiger partial charge in [-0.25, -0.2) is 0 Å². The minimum Gasteiger partial charge on any atom is -0.383 e. The molecule has 0 spiro atoms. The van der Waals surface area contributed by atoms with Crippen molar-refractivity contribution in [3.05, 3.63) is 0 Å². The summed E-state index contributed by atoms with van der Waals surface area (Å²) in [5.74, 6) is 0.513. The highest BCUT2D eigenvalue weighted by Gasteiger charge is 2.25. The third kappa shape index (κ3) is 3.80. The van der Waals surface area contributed by atoms with Crippen LogP contribution in [0.3, 0.4) is 0 Å². The van der Waals surface area contributed by atoms with Gasteiger partial charge in [-0.15, -0.1) is 0 Å². The van der Waals surface area contributed by atoms with Crippen LogP contribution in [-0.4, -0.2) is 38.3 Å². The van der Waals surface area contributed by atoms with E-state index < -0.39 is 0 Å². The number of nitrogens with one attached hydrogen (secondary N) is 2. The Morgan fingerprint density at radius 2 is 2.33 bits per heavy atom. The Hall–Kier alpha value is -0.610. The second-order valence-electron chi connectivity index (χ2n) is 4.46. The Bertz CT molecular complexity index is 201. The molecule has 0 aromatic carbocycles. The summed E-state index contributed by atoms with van der Waals surface area (Å²) in [5, 5.41) is 6.22. The highest BCUT2D eigenvalue weighted by Crippen LogP contribution is 2.07. The largest absolute Gasteiger partial charge is 0.383 e. The van der Waals surface area contributed by atoms with Crippen LogP contribution in [0.1, 0.15) is 26.7 Å². The lowest BCUT2D eigenvalue weighted by atomic mass is 10.0. The van der Waals surface area contributed by atoms with E-state index in [1.807, 2.05) is 0 Å². The van der Waals surface area contributed by atoms with E-state index in [9.17, 15) is 4.79 Å². The predicted octanol–water partition coefficient (Wildman–Crippen LogP) is 0.526. The molecular formula is C11H22N2O2. The summed E-state index contributed by atoms with van der Waals surface area (Å²) in [7, 11) is 1.66. The van der Waals surface area contributed by atoms with Gasteiger partial charge in [-0.05, 0) is 25.3 Å². The third-order valence-corrected chi connectivity index (χ3v) is 2.86. The van der Waals surface area contributed by atoms with E-state index in [1.54, 1.807) is 7.11 Å². The average molecular weight is 214 g/mol. The molecule has 2 atom stereocenters. The lowest BCUT2D eigenvalue weighted by molar-refractivity contribution is -0.124. The molecule has 1 heterocycles. The maximum Gasteiger partial charge on any atom is 0.237 e. The van der Waals surface area contributed by atoms with Gasteiger partial charge < -0.3 is 15.4 Å².